The smallest absolute Gasteiger partial charge is 0.416 e. The zero-order chi connectivity index (χ0) is 19.0. The molecule has 0 radical (unpaired) electrons. The fourth-order valence-electron chi connectivity index (χ4n) is 2.89. The number of anilines is 3. The number of halogens is 3. The van der Waals surface area contributed by atoms with Gasteiger partial charge in [0.05, 0.1) is 10.9 Å². The van der Waals surface area contributed by atoms with Crippen molar-refractivity contribution in [3.8, 4) is 11.3 Å². The minimum atomic E-state index is -4.42. The van der Waals surface area contributed by atoms with E-state index in [0.29, 0.717) is 22.4 Å². The van der Waals surface area contributed by atoms with Crippen LogP contribution < -0.4 is 11.1 Å². The van der Waals surface area contributed by atoms with Crippen LogP contribution in [-0.2, 0) is 6.18 Å². The molecule has 2 aromatic carbocycles. The molecule has 0 saturated carbocycles. The third-order valence-electron chi connectivity index (χ3n) is 4.14. The predicted molar refractivity (Wildman–Crippen MR) is 98.6 cm³/mol. The van der Waals surface area contributed by atoms with Crippen molar-refractivity contribution in [3.63, 3.8) is 0 Å². The minimum Gasteiger partial charge on any atom is -0.436 e. The Hall–Kier alpha value is -3.48. The number of nitrogens with one attached hydrogen (secondary N) is 1. The second-order valence-corrected chi connectivity index (χ2v) is 5.95. The summed E-state index contributed by atoms with van der Waals surface area (Å²) in [5, 5.41) is 3.58. The lowest BCUT2D eigenvalue weighted by molar-refractivity contribution is -0.137. The van der Waals surface area contributed by atoms with Crippen molar-refractivity contribution >= 4 is 28.2 Å². The maximum Gasteiger partial charge on any atom is 0.416 e. The molecule has 0 fully saturated rings. The molecule has 7 heteroatoms. The second kappa shape index (κ2) is 6.35. The quantitative estimate of drug-likeness (QED) is 0.476. The van der Waals surface area contributed by atoms with Crippen LogP contribution in [-0.4, -0.2) is 4.98 Å². The summed E-state index contributed by atoms with van der Waals surface area (Å²) in [6.45, 7) is 0. The number of nitrogens with two attached hydrogens (primary N) is 1. The zero-order valence-electron chi connectivity index (χ0n) is 13.9. The molecule has 0 bridgehead atoms. The number of fused-ring (bicyclic) bond motifs is 1. The van der Waals surface area contributed by atoms with Gasteiger partial charge in [0, 0.05) is 17.4 Å². The molecule has 0 aliphatic rings. The van der Waals surface area contributed by atoms with Crippen molar-refractivity contribution in [2.45, 2.75) is 6.18 Å². The third-order valence-corrected chi connectivity index (χ3v) is 4.14. The highest BCUT2D eigenvalue weighted by molar-refractivity contribution is 6.03. The number of alkyl halides is 3. The van der Waals surface area contributed by atoms with Crippen LogP contribution in [0.25, 0.3) is 22.2 Å². The van der Waals surface area contributed by atoms with E-state index in [0.717, 1.165) is 17.7 Å². The standard InChI is InChI=1S/C20H14F3N3O/c21-20(22,23)13-7-4-8-14(11-13)26-17-15-9-10-25-16(18(15)27-19(17)24)12-5-2-1-3-6-12/h1-11,26H,24H2. The molecule has 27 heavy (non-hydrogen) atoms. The van der Waals surface area contributed by atoms with Gasteiger partial charge in [-0.15, -0.1) is 0 Å². The summed E-state index contributed by atoms with van der Waals surface area (Å²) in [6, 6.07) is 16.0. The molecule has 0 saturated heterocycles. The molecule has 0 atom stereocenters. The number of nitrogens with zero attached hydrogens (tertiary/aromatic N) is 1. The van der Waals surface area contributed by atoms with E-state index in [-0.39, 0.29) is 11.6 Å². The van der Waals surface area contributed by atoms with E-state index in [2.05, 4.69) is 10.3 Å². The van der Waals surface area contributed by atoms with Gasteiger partial charge in [-0.05, 0) is 24.3 Å². The lowest BCUT2D eigenvalue weighted by atomic mass is 10.1. The van der Waals surface area contributed by atoms with Gasteiger partial charge in [0.15, 0.2) is 5.58 Å². The summed E-state index contributed by atoms with van der Waals surface area (Å²) in [4.78, 5) is 4.36. The summed E-state index contributed by atoms with van der Waals surface area (Å²) < 4.78 is 44.5. The Labute approximate surface area is 152 Å². The second-order valence-electron chi connectivity index (χ2n) is 5.95. The van der Waals surface area contributed by atoms with Gasteiger partial charge in [0.25, 0.3) is 0 Å². The van der Waals surface area contributed by atoms with Crippen LogP contribution in [0.5, 0.6) is 0 Å². The molecule has 4 rings (SSSR count). The highest BCUT2D eigenvalue weighted by atomic mass is 19.4. The molecule has 4 nitrogen and oxygen atoms in total. The van der Waals surface area contributed by atoms with Crippen LogP contribution in [0.3, 0.4) is 0 Å². The fraction of sp³-hybridized carbons (Fsp3) is 0.0500. The molecular weight excluding hydrogens is 355 g/mol. The van der Waals surface area contributed by atoms with Gasteiger partial charge in [0.2, 0.25) is 5.88 Å². The Kier molecular flexibility index (Phi) is 3.99. The molecule has 0 unspecified atom stereocenters. The van der Waals surface area contributed by atoms with E-state index in [9.17, 15) is 13.2 Å². The Balaban J connectivity index is 1.79. The number of aromatic nitrogens is 1. The molecule has 0 spiro atoms. The Morgan fingerprint density at radius 3 is 2.48 bits per heavy atom. The molecule has 4 aromatic rings. The largest absolute Gasteiger partial charge is 0.436 e. The number of pyridine rings is 1. The van der Waals surface area contributed by atoms with Crippen LogP contribution in [0.1, 0.15) is 5.56 Å². The Bertz CT molecular complexity index is 1100. The average molecular weight is 369 g/mol. The first-order valence-electron chi connectivity index (χ1n) is 8.10. The van der Waals surface area contributed by atoms with Crippen molar-refractivity contribution < 1.29 is 17.6 Å². The highest BCUT2D eigenvalue weighted by Crippen LogP contribution is 2.39. The van der Waals surface area contributed by atoms with Gasteiger partial charge in [-0.3, -0.25) is 4.98 Å². The third kappa shape index (κ3) is 3.19. The summed E-state index contributed by atoms with van der Waals surface area (Å²) in [5.74, 6) is 0.0765. The van der Waals surface area contributed by atoms with Crippen molar-refractivity contribution in [1.82, 2.24) is 4.98 Å². The SMILES string of the molecule is Nc1oc2c(-c3ccccc3)nccc2c1Nc1cccc(C(F)(F)F)c1. The molecular formula is C20H14F3N3O. The monoisotopic (exact) mass is 369 g/mol. The van der Waals surface area contributed by atoms with E-state index in [4.69, 9.17) is 10.2 Å². The summed E-state index contributed by atoms with van der Waals surface area (Å²) in [6.07, 6.45) is -2.82. The summed E-state index contributed by atoms with van der Waals surface area (Å²) in [7, 11) is 0. The van der Waals surface area contributed by atoms with Crippen LogP contribution in [0.15, 0.2) is 71.3 Å². The molecule has 0 amide bonds. The van der Waals surface area contributed by atoms with E-state index in [1.54, 1.807) is 12.3 Å². The van der Waals surface area contributed by atoms with Crippen LogP contribution >= 0.6 is 0 Å². The summed E-state index contributed by atoms with van der Waals surface area (Å²) in [5.41, 5.74) is 7.84. The van der Waals surface area contributed by atoms with E-state index in [1.165, 1.54) is 12.1 Å². The van der Waals surface area contributed by atoms with Gasteiger partial charge in [-0.2, -0.15) is 13.2 Å². The van der Waals surface area contributed by atoms with Crippen molar-refractivity contribution in [2.75, 3.05) is 11.1 Å². The van der Waals surface area contributed by atoms with Crippen molar-refractivity contribution in [1.29, 1.82) is 0 Å². The molecule has 136 valence electrons. The first kappa shape index (κ1) is 17.0. The molecule has 0 aliphatic carbocycles. The highest BCUT2D eigenvalue weighted by Gasteiger charge is 2.30. The number of furan rings is 1. The molecule has 2 aromatic heterocycles. The lowest BCUT2D eigenvalue weighted by Crippen LogP contribution is -2.05. The normalized spacial score (nSPS) is 11.7. The maximum atomic E-state index is 12.9. The first-order valence-corrected chi connectivity index (χ1v) is 8.10. The number of hydrogen-bond donors (Lipinski definition) is 2. The predicted octanol–water partition coefficient (Wildman–Crippen LogP) is 5.84. The number of benzene rings is 2. The molecule has 3 N–H and O–H groups in total. The van der Waals surface area contributed by atoms with Crippen LogP contribution in [0, 0.1) is 0 Å². The maximum absolute atomic E-state index is 12.9. The van der Waals surface area contributed by atoms with E-state index < -0.39 is 11.7 Å². The van der Waals surface area contributed by atoms with E-state index in [1.807, 2.05) is 30.3 Å². The lowest BCUT2D eigenvalue weighted by Gasteiger charge is -2.10. The van der Waals surface area contributed by atoms with Gasteiger partial charge < -0.3 is 15.5 Å². The Morgan fingerprint density at radius 2 is 1.74 bits per heavy atom. The van der Waals surface area contributed by atoms with Gasteiger partial charge in [-0.25, -0.2) is 0 Å². The Morgan fingerprint density at radius 1 is 0.963 bits per heavy atom. The fourth-order valence-corrected chi connectivity index (χ4v) is 2.89. The summed E-state index contributed by atoms with van der Waals surface area (Å²) >= 11 is 0. The van der Waals surface area contributed by atoms with Gasteiger partial charge >= 0.3 is 6.18 Å². The van der Waals surface area contributed by atoms with Crippen LogP contribution in [0.4, 0.5) is 30.4 Å². The van der Waals surface area contributed by atoms with Crippen molar-refractivity contribution in [2.24, 2.45) is 0 Å². The number of nitrogen functional groups attached to an aromatic ring is 1. The number of rotatable bonds is 3. The molecule has 2 heterocycles. The van der Waals surface area contributed by atoms with Gasteiger partial charge in [0.1, 0.15) is 11.4 Å². The zero-order valence-corrected chi connectivity index (χ0v) is 13.9. The van der Waals surface area contributed by atoms with E-state index >= 15 is 0 Å². The topological polar surface area (TPSA) is 64.1 Å². The average Bonchev–Trinajstić information content (AvgIpc) is 2.97. The van der Waals surface area contributed by atoms with Crippen molar-refractivity contribution in [3.05, 3.63) is 72.4 Å². The first-order chi connectivity index (χ1) is 12.9. The number of hydrogen-bond acceptors (Lipinski definition) is 4. The van der Waals surface area contributed by atoms with Gasteiger partial charge in [-0.1, -0.05) is 36.4 Å². The molecule has 0 aliphatic heterocycles. The minimum absolute atomic E-state index is 0.0765. The van der Waals surface area contributed by atoms with Crippen LogP contribution in [0.2, 0.25) is 0 Å².